The van der Waals surface area contributed by atoms with Gasteiger partial charge >= 0.3 is 0 Å². The molecule has 0 aromatic heterocycles. The summed E-state index contributed by atoms with van der Waals surface area (Å²) < 4.78 is 5.37. The predicted molar refractivity (Wildman–Crippen MR) is 109 cm³/mol. The van der Waals surface area contributed by atoms with Crippen molar-refractivity contribution in [3.8, 4) is 0 Å². The highest BCUT2D eigenvalue weighted by Gasteiger charge is 2.15. The van der Waals surface area contributed by atoms with Crippen molar-refractivity contribution in [1.29, 1.82) is 0 Å². The lowest BCUT2D eigenvalue weighted by molar-refractivity contribution is -0.116. The molecule has 1 fully saturated rings. The monoisotopic (exact) mass is 381 g/mol. The molecule has 148 valence electrons. The van der Waals surface area contributed by atoms with E-state index in [1.54, 1.807) is 19.2 Å². The summed E-state index contributed by atoms with van der Waals surface area (Å²) in [4.78, 5) is 28.4. The van der Waals surface area contributed by atoms with Crippen LogP contribution in [0.5, 0.6) is 0 Å². The van der Waals surface area contributed by atoms with Crippen LogP contribution >= 0.6 is 0 Å². The van der Waals surface area contributed by atoms with E-state index in [0.29, 0.717) is 5.56 Å². The van der Waals surface area contributed by atoms with Crippen LogP contribution in [-0.4, -0.2) is 68.1 Å². The van der Waals surface area contributed by atoms with E-state index in [9.17, 15) is 9.59 Å². The number of morpholine rings is 1. The smallest absolute Gasteiger partial charge is 0.254 e. The van der Waals surface area contributed by atoms with Crippen LogP contribution in [0.15, 0.2) is 54.6 Å². The van der Waals surface area contributed by atoms with E-state index in [4.69, 9.17) is 4.74 Å². The van der Waals surface area contributed by atoms with Crippen LogP contribution in [0.2, 0.25) is 0 Å². The van der Waals surface area contributed by atoms with Gasteiger partial charge in [0, 0.05) is 37.9 Å². The highest BCUT2D eigenvalue weighted by atomic mass is 16.5. The number of benzene rings is 2. The van der Waals surface area contributed by atoms with Crippen LogP contribution in [0.3, 0.4) is 0 Å². The van der Waals surface area contributed by atoms with E-state index in [-0.39, 0.29) is 18.4 Å². The third-order valence-corrected chi connectivity index (χ3v) is 4.81. The van der Waals surface area contributed by atoms with Crippen molar-refractivity contribution in [3.63, 3.8) is 0 Å². The maximum atomic E-state index is 12.3. The molecule has 6 heteroatoms. The van der Waals surface area contributed by atoms with E-state index in [1.807, 2.05) is 42.5 Å². The van der Waals surface area contributed by atoms with Gasteiger partial charge in [0.15, 0.2) is 0 Å². The first-order valence-electron chi connectivity index (χ1n) is 9.61. The van der Waals surface area contributed by atoms with Crippen molar-refractivity contribution in [3.05, 3.63) is 65.7 Å². The lowest BCUT2D eigenvalue weighted by atomic mass is 10.1. The van der Waals surface area contributed by atoms with Crippen LogP contribution in [0, 0.1) is 0 Å². The van der Waals surface area contributed by atoms with Crippen LogP contribution in [0.1, 0.15) is 15.9 Å². The summed E-state index contributed by atoms with van der Waals surface area (Å²) in [6.07, 6.45) is 0.975. The fourth-order valence-corrected chi connectivity index (χ4v) is 3.16. The first kappa shape index (κ1) is 20.0. The van der Waals surface area contributed by atoms with Crippen molar-refractivity contribution in [2.75, 3.05) is 51.8 Å². The quantitative estimate of drug-likeness (QED) is 0.799. The summed E-state index contributed by atoms with van der Waals surface area (Å²) in [7, 11) is 1.63. The number of rotatable bonds is 7. The number of ether oxygens (including phenoxy) is 1. The highest BCUT2D eigenvalue weighted by Crippen LogP contribution is 2.11. The number of hydrogen-bond acceptors (Lipinski definition) is 4. The Bertz CT molecular complexity index is 771. The Hall–Kier alpha value is -2.70. The summed E-state index contributed by atoms with van der Waals surface area (Å²) in [6, 6.07) is 16.8. The average Bonchev–Trinajstić information content (AvgIpc) is 2.74. The Morgan fingerprint density at radius 1 is 1.04 bits per heavy atom. The van der Waals surface area contributed by atoms with Crippen molar-refractivity contribution >= 4 is 17.5 Å². The number of nitrogens with one attached hydrogen (secondary N) is 1. The number of hydrogen-bond donors (Lipinski definition) is 1. The number of likely N-dealkylation sites (N-methyl/N-ethyl adjacent to an activating group) is 1. The van der Waals surface area contributed by atoms with Crippen LogP contribution in [0.25, 0.3) is 0 Å². The molecule has 1 saturated heterocycles. The normalized spacial score (nSPS) is 14.5. The average molecular weight is 381 g/mol. The zero-order chi connectivity index (χ0) is 19.8. The first-order valence-corrected chi connectivity index (χ1v) is 9.61. The molecular formula is C22H27N3O3. The minimum absolute atomic E-state index is 0.00646. The Morgan fingerprint density at radius 3 is 2.39 bits per heavy atom. The van der Waals surface area contributed by atoms with E-state index in [0.717, 1.165) is 45.0 Å². The minimum Gasteiger partial charge on any atom is -0.379 e. The van der Waals surface area contributed by atoms with Gasteiger partial charge in [-0.1, -0.05) is 30.3 Å². The zero-order valence-electron chi connectivity index (χ0n) is 16.3. The lowest BCUT2D eigenvalue weighted by Crippen LogP contribution is -2.37. The number of amides is 2. The van der Waals surface area contributed by atoms with Crippen LogP contribution < -0.4 is 5.32 Å². The molecule has 3 rings (SSSR count). The molecule has 0 bridgehead atoms. The molecule has 0 saturated carbocycles. The molecule has 1 heterocycles. The van der Waals surface area contributed by atoms with Crippen molar-refractivity contribution in [2.45, 2.75) is 6.42 Å². The van der Waals surface area contributed by atoms with Gasteiger partial charge < -0.3 is 15.0 Å². The van der Waals surface area contributed by atoms with Gasteiger partial charge in [-0.05, 0) is 36.2 Å². The number of carbonyl (C=O) groups excluding carboxylic acids is 2. The summed E-state index contributed by atoms with van der Waals surface area (Å²) in [5.41, 5.74) is 2.55. The fourth-order valence-electron chi connectivity index (χ4n) is 3.16. The Kier molecular flexibility index (Phi) is 7.17. The molecule has 1 aliphatic rings. The molecule has 0 spiro atoms. The third kappa shape index (κ3) is 5.90. The minimum atomic E-state index is -0.215. The maximum absolute atomic E-state index is 12.3. The molecule has 2 aromatic rings. The SMILES string of the molecule is CN(CC(=O)Nc1ccc(CCN2CCOCC2)cc1)C(=O)c1ccccc1. The topological polar surface area (TPSA) is 61.9 Å². The Labute approximate surface area is 166 Å². The van der Waals surface area contributed by atoms with Gasteiger partial charge in [-0.2, -0.15) is 0 Å². The summed E-state index contributed by atoms with van der Waals surface area (Å²) in [5, 5.41) is 2.85. The molecule has 0 aliphatic carbocycles. The predicted octanol–water partition coefficient (Wildman–Crippen LogP) is 2.27. The number of nitrogens with zero attached hydrogens (tertiary/aromatic N) is 2. The standard InChI is InChI=1S/C22H27N3O3/c1-24(22(27)19-5-3-2-4-6-19)17-21(26)23-20-9-7-18(8-10-20)11-12-25-13-15-28-16-14-25/h2-10H,11-17H2,1H3,(H,23,26). The first-order chi connectivity index (χ1) is 13.6. The second-order valence-electron chi connectivity index (χ2n) is 6.98. The molecule has 6 nitrogen and oxygen atoms in total. The van der Waals surface area contributed by atoms with Gasteiger partial charge in [-0.15, -0.1) is 0 Å². The molecular weight excluding hydrogens is 354 g/mol. The molecule has 0 radical (unpaired) electrons. The molecule has 2 amide bonds. The van der Waals surface area contributed by atoms with Gasteiger partial charge in [-0.25, -0.2) is 0 Å². The van der Waals surface area contributed by atoms with Gasteiger partial charge in [0.1, 0.15) is 0 Å². The molecule has 2 aromatic carbocycles. The molecule has 0 atom stereocenters. The van der Waals surface area contributed by atoms with E-state index in [1.165, 1.54) is 10.5 Å². The maximum Gasteiger partial charge on any atom is 0.254 e. The Morgan fingerprint density at radius 2 is 1.71 bits per heavy atom. The lowest BCUT2D eigenvalue weighted by Gasteiger charge is -2.26. The molecule has 1 N–H and O–H groups in total. The largest absolute Gasteiger partial charge is 0.379 e. The van der Waals surface area contributed by atoms with E-state index in [2.05, 4.69) is 10.2 Å². The van der Waals surface area contributed by atoms with Gasteiger partial charge in [0.2, 0.25) is 5.91 Å². The second-order valence-corrected chi connectivity index (χ2v) is 6.98. The van der Waals surface area contributed by atoms with Crippen LogP contribution in [-0.2, 0) is 16.0 Å². The van der Waals surface area contributed by atoms with Crippen molar-refractivity contribution in [1.82, 2.24) is 9.80 Å². The van der Waals surface area contributed by atoms with Crippen molar-refractivity contribution < 1.29 is 14.3 Å². The molecule has 1 aliphatic heterocycles. The van der Waals surface area contributed by atoms with E-state index >= 15 is 0 Å². The Balaban J connectivity index is 1.45. The van der Waals surface area contributed by atoms with Gasteiger partial charge in [0.25, 0.3) is 5.91 Å². The highest BCUT2D eigenvalue weighted by molar-refractivity contribution is 5.99. The number of anilines is 1. The van der Waals surface area contributed by atoms with Gasteiger partial charge in [-0.3, -0.25) is 14.5 Å². The fraction of sp³-hybridized carbons (Fsp3) is 0.364. The number of carbonyl (C=O) groups is 2. The van der Waals surface area contributed by atoms with E-state index < -0.39 is 0 Å². The van der Waals surface area contributed by atoms with Crippen molar-refractivity contribution in [2.24, 2.45) is 0 Å². The molecule has 28 heavy (non-hydrogen) atoms. The second kappa shape index (κ2) is 10.0. The summed E-state index contributed by atoms with van der Waals surface area (Å²) in [6.45, 7) is 4.62. The summed E-state index contributed by atoms with van der Waals surface area (Å²) in [5.74, 6) is -0.387. The zero-order valence-corrected chi connectivity index (χ0v) is 16.3. The van der Waals surface area contributed by atoms with Crippen LogP contribution in [0.4, 0.5) is 5.69 Å². The summed E-state index contributed by atoms with van der Waals surface area (Å²) >= 11 is 0. The third-order valence-electron chi connectivity index (χ3n) is 4.81. The molecule has 0 unspecified atom stereocenters. The van der Waals surface area contributed by atoms with Gasteiger partial charge in [0.05, 0.1) is 19.8 Å².